The fourth-order valence-corrected chi connectivity index (χ4v) is 1.94. The summed E-state index contributed by atoms with van der Waals surface area (Å²) in [6.07, 6.45) is 2.88. The standard InChI is InChI=1S/C14H19NO/c1-9-3-4-12(7-10(9)2)14(16)8-13(15)11-5-6-11/h3-4,7,11,13H,5-6,8,15H2,1-2H3. The van der Waals surface area contributed by atoms with E-state index in [0.29, 0.717) is 12.3 Å². The Morgan fingerprint density at radius 2 is 2.06 bits per heavy atom. The lowest BCUT2D eigenvalue weighted by Crippen LogP contribution is -2.26. The molecule has 1 atom stereocenters. The Morgan fingerprint density at radius 3 is 2.62 bits per heavy atom. The molecule has 0 amide bonds. The van der Waals surface area contributed by atoms with E-state index in [9.17, 15) is 4.79 Å². The summed E-state index contributed by atoms with van der Waals surface area (Å²) in [5.74, 6) is 0.776. The minimum absolute atomic E-state index is 0.0640. The predicted octanol–water partition coefficient (Wildman–Crippen LogP) is 2.61. The molecule has 2 nitrogen and oxygen atoms in total. The lowest BCUT2D eigenvalue weighted by Gasteiger charge is -2.10. The van der Waals surface area contributed by atoms with Gasteiger partial charge in [0.25, 0.3) is 0 Å². The van der Waals surface area contributed by atoms with Gasteiger partial charge in [0.15, 0.2) is 5.78 Å². The normalized spacial score (nSPS) is 17.2. The minimum atomic E-state index is 0.0640. The molecule has 1 saturated carbocycles. The molecule has 0 heterocycles. The summed E-state index contributed by atoms with van der Waals surface area (Å²) < 4.78 is 0. The molecule has 0 radical (unpaired) electrons. The maximum Gasteiger partial charge on any atom is 0.164 e. The van der Waals surface area contributed by atoms with Crippen LogP contribution in [0.3, 0.4) is 0 Å². The van der Waals surface area contributed by atoms with Gasteiger partial charge < -0.3 is 5.73 Å². The Labute approximate surface area is 96.8 Å². The van der Waals surface area contributed by atoms with Crippen LogP contribution in [-0.4, -0.2) is 11.8 Å². The molecule has 1 aromatic carbocycles. The van der Waals surface area contributed by atoms with Gasteiger partial charge in [-0.15, -0.1) is 0 Å². The largest absolute Gasteiger partial charge is 0.327 e. The zero-order chi connectivity index (χ0) is 11.7. The van der Waals surface area contributed by atoms with Crippen LogP contribution in [0.2, 0.25) is 0 Å². The van der Waals surface area contributed by atoms with E-state index in [1.807, 2.05) is 25.1 Å². The third-order valence-corrected chi connectivity index (χ3v) is 3.48. The molecule has 86 valence electrons. The van der Waals surface area contributed by atoms with Crippen LogP contribution in [0.4, 0.5) is 0 Å². The van der Waals surface area contributed by atoms with Crippen molar-refractivity contribution in [1.82, 2.24) is 0 Å². The summed E-state index contributed by atoms with van der Waals surface area (Å²) in [6.45, 7) is 4.09. The Kier molecular flexibility index (Phi) is 3.10. The van der Waals surface area contributed by atoms with Crippen LogP contribution >= 0.6 is 0 Å². The van der Waals surface area contributed by atoms with E-state index < -0.39 is 0 Å². The lowest BCUT2D eigenvalue weighted by molar-refractivity contribution is 0.0971. The molecule has 1 aliphatic carbocycles. The Morgan fingerprint density at radius 1 is 1.38 bits per heavy atom. The van der Waals surface area contributed by atoms with Gasteiger partial charge >= 0.3 is 0 Å². The topological polar surface area (TPSA) is 43.1 Å². The predicted molar refractivity (Wildman–Crippen MR) is 65.6 cm³/mol. The van der Waals surface area contributed by atoms with Gasteiger partial charge in [-0.05, 0) is 49.8 Å². The van der Waals surface area contributed by atoms with Gasteiger partial charge in [0.05, 0.1) is 0 Å². The molecule has 0 saturated heterocycles. The highest BCUT2D eigenvalue weighted by Gasteiger charge is 2.29. The molecule has 0 aliphatic heterocycles. The van der Waals surface area contributed by atoms with Crippen LogP contribution in [0, 0.1) is 19.8 Å². The summed E-state index contributed by atoms with van der Waals surface area (Å²) in [4.78, 5) is 12.0. The minimum Gasteiger partial charge on any atom is -0.327 e. The number of benzene rings is 1. The average molecular weight is 217 g/mol. The third-order valence-electron chi connectivity index (χ3n) is 3.48. The highest BCUT2D eigenvalue weighted by molar-refractivity contribution is 5.96. The second-order valence-electron chi connectivity index (χ2n) is 4.93. The van der Waals surface area contributed by atoms with Crippen molar-refractivity contribution in [2.24, 2.45) is 11.7 Å². The van der Waals surface area contributed by atoms with Gasteiger partial charge in [0.1, 0.15) is 0 Å². The molecular weight excluding hydrogens is 198 g/mol. The smallest absolute Gasteiger partial charge is 0.164 e. The zero-order valence-corrected chi connectivity index (χ0v) is 9.99. The van der Waals surface area contributed by atoms with Crippen LogP contribution in [0.15, 0.2) is 18.2 Å². The number of nitrogens with two attached hydrogens (primary N) is 1. The first kappa shape index (κ1) is 11.3. The average Bonchev–Trinajstić information content (AvgIpc) is 3.05. The molecule has 1 fully saturated rings. The number of carbonyl (C=O) groups is 1. The fourth-order valence-electron chi connectivity index (χ4n) is 1.94. The monoisotopic (exact) mass is 217 g/mol. The van der Waals surface area contributed by atoms with Crippen molar-refractivity contribution in [2.75, 3.05) is 0 Å². The number of rotatable bonds is 4. The van der Waals surface area contributed by atoms with Crippen molar-refractivity contribution in [3.8, 4) is 0 Å². The van der Waals surface area contributed by atoms with Crippen molar-refractivity contribution in [3.05, 3.63) is 34.9 Å². The first-order valence-corrected chi connectivity index (χ1v) is 5.94. The van der Waals surface area contributed by atoms with Crippen molar-refractivity contribution in [1.29, 1.82) is 0 Å². The van der Waals surface area contributed by atoms with Gasteiger partial charge in [-0.25, -0.2) is 0 Å². The SMILES string of the molecule is Cc1ccc(C(=O)CC(N)C2CC2)cc1C. The van der Waals surface area contributed by atoms with Crippen molar-refractivity contribution < 1.29 is 4.79 Å². The van der Waals surface area contributed by atoms with Crippen molar-refractivity contribution in [3.63, 3.8) is 0 Å². The molecule has 0 spiro atoms. The van der Waals surface area contributed by atoms with E-state index in [1.54, 1.807) is 0 Å². The molecule has 1 aliphatic rings. The van der Waals surface area contributed by atoms with E-state index in [1.165, 1.54) is 24.0 Å². The molecule has 16 heavy (non-hydrogen) atoms. The summed E-state index contributed by atoms with van der Waals surface area (Å²) in [6, 6.07) is 5.95. The van der Waals surface area contributed by atoms with E-state index in [-0.39, 0.29) is 11.8 Å². The van der Waals surface area contributed by atoms with Crippen LogP contribution in [0.5, 0.6) is 0 Å². The summed E-state index contributed by atoms with van der Waals surface area (Å²) in [7, 11) is 0. The van der Waals surface area contributed by atoms with Gasteiger partial charge in [-0.1, -0.05) is 12.1 Å². The Balaban J connectivity index is 2.05. The van der Waals surface area contributed by atoms with Crippen LogP contribution < -0.4 is 5.73 Å². The van der Waals surface area contributed by atoms with Crippen LogP contribution in [0.1, 0.15) is 40.7 Å². The first-order chi connectivity index (χ1) is 7.58. The van der Waals surface area contributed by atoms with Gasteiger partial charge in [0, 0.05) is 18.0 Å². The Hall–Kier alpha value is -1.15. The molecule has 2 heteroatoms. The van der Waals surface area contributed by atoms with Crippen molar-refractivity contribution in [2.45, 2.75) is 39.2 Å². The molecule has 2 rings (SSSR count). The number of carbonyl (C=O) groups excluding carboxylic acids is 1. The number of hydrogen-bond donors (Lipinski definition) is 1. The van der Waals surface area contributed by atoms with Gasteiger partial charge in [-0.3, -0.25) is 4.79 Å². The molecular formula is C14H19NO. The summed E-state index contributed by atoms with van der Waals surface area (Å²) >= 11 is 0. The maximum absolute atomic E-state index is 12.0. The van der Waals surface area contributed by atoms with E-state index >= 15 is 0 Å². The fraction of sp³-hybridized carbons (Fsp3) is 0.500. The quantitative estimate of drug-likeness (QED) is 0.788. The van der Waals surface area contributed by atoms with Crippen LogP contribution in [-0.2, 0) is 0 Å². The van der Waals surface area contributed by atoms with E-state index in [0.717, 1.165) is 5.56 Å². The molecule has 0 aromatic heterocycles. The number of Topliss-reactive ketones (excluding diaryl/α,β-unsaturated/α-hetero) is 1. The van der Waals surface area contributed by atoms with Crippen LogP contribution in [0.25, 0.3) is 0 Å². The summed E-state index contributed by atoms with van der Waals surface area (Å²) in [5.41, 5.74) is 9.17. The second-order valence-corrected chi connectivity index (χ2v) is 4.93. The molecule has 1 unspecified atom stereocenters. The summed E-state index contributed by atoms with van der Waals surface area (Å²) in [5, 5.41) is 0. The molecule has 0 bridgehead atoms. The molecule has 1 aromatic rings. The number of hydrogen-bond acceptors (Lipinski definition) is 2. The molecule has 2 N–H and O–H groups in total. The number of ketones is 1. The van der Waals surface area contributed by atoms with E-state index in [4.69, 9.17) is 5.73 Å². The van der Waals surface area contributed by atoms with Crippen molar-refractivity contribution >= 4 is 5.78 Å². The number of aryl methyl sites for hydroxylation is 2. The van der Waals surface area contributed by atoms with Gasteiger partial charge in [-0.2, -0.15) is 0 Å². The highest BCUT2D eigenvalue weighted by atomic mass is 16.1. The lowest BCUT2D eigenvalue weighted by atomic mass is 9.98. The van der Waals surface area contributed by atoms with E-state index in [2.05, 4.69) is 6.92 Å². The zero-order valence-electron chi connectivity index (χ0n) is 9.99. The maximum atomic E-state index is 12.0. The van der Waals surface area contributed by atoms with Gasteiger partial charge in [0.2, 0.25) is 0 Å². The third kappa shape index (κ3) is 2.50. The Bertz CT molecular complexity index is 407. The second kappa shape index (κ2) is 4.38. The highest BCUT2D eigenvalue weighted by Crippen LogP contribution is 2.33. The first-order valence-electron chi connectivity index (χ1n) is 5.94.